The first-order valence-electron chi connectivity index (χ1n) is 13.8. The topological polar surface area (TPSA) is 102 Å². The molecule has 2 aromatic carbocycles. The number of amides is 2. The fourth-order valence-electron chi connectivity index (χ4n) is 5.77. The number of aromatic nitrogens is 2. The van der Waals surface area contributed by atoms with Crippen LogP contribution in [0.2, 0.25) is 0 Å². The first kappa shape index (κ1) is 26.5. The summed E-state index contributed by atoms with van der Waals surface area (Å²) in [6.45, 7) is 10.4. The standard InChI is InChI=1S/C31H37N5O3/c1-20(2)19-21(3)31(38)35-17-14-22(15-18-35)26-13-16-33-30-27(29(32)37)28(34-36(26)30)23-9-11-25(12-10-23)39-24-7-5-4-6-8-24/h4-12,20,22,26,33H,3,13-19H2,1-2H3,(H2,32,37)/t26-/m0/s1. The maximum atomic E-state index is 12.9. The van der Waals surface area contributed by atoms with Gasteiger partial charge in [-0.3, -0.25) is 9.59 Å². The molecule has 1 saturated heterocycles. The minimum Gasteiger partial charge on any atom is -0.457 e. The molecule has 8 heteroatoms. The number of benzene rings is 2. The number of carbonyl (C=O) groups is 2. The molecular weight excluding hydrogens is 490 g/mol. The van der Waals surface area contributed by atoms with Crippen LogP contribution in [-0.2, 0) is 4.79 Å². The Kier molecular flexibility index (Phi) is 7.72. The van der Waals surface area contributed by atoms with Crippen LogP contribution < -0.4 is 15.8 Å². The summed E-state index contributed by atoms with van der Waals surface area (Å²) in [6.07, 6.45) is 3.39. The molecule has 1 aromatic heterocycles. The fourth-order valence-corrected chi connectivity index (χ4v) is 5.77. The van der Waals surface area contributed by atoms with Crippen molar-refractivity contribution in [1.29, 1.82) is 0 Å². The van der Waals surface area contributed by atoms with Crippen molar-refractivity contribution in [2.45, 2.75) is 45.6 Å². The minimum atomic E-state index is -0.506. The zero-order chi connectivity index (χ0) is 27.5. The lowest BCUT2D eigenvalue weighted by atomic mass is 9.86. The van der Waals surface area contributed by atoms with Gasteiger partial charge < -0.3 is 20.7 Å². The monoisotopic (exact) mass is 527 g/mol. The van der Waals surface area contributed by atoms with Gasteiger partial charge in [0.15, 0.2) is 0 Å². The van der Waals surface area contributed by atoms with Crippen LogP contribution in [0.3, 0.4) is 0 Å². The highest BCUT2D eigenvalue weighted by molar-refractivity contribution is 6.03. The van der Waals surface area contributed by atoms with E-state index in [2.05, 4.69) is 25.7 Å². The number of nitrogens with one attached hydrogen (secondary N) is 1. The van der Waals surface area contributed by atoms with Crippen molar-refractivity contribution in [3.8, 4) is 22.8 Å². The molecule has 8 nitrogen and oxygen atoms in total. The molecule has 39 heavy (non-hydrogen) atoms. The maximum Gasteiger partial charge on any atom is 0.254 e. The van der Waals surface area contributed by atoms with Gasteiger partial charge in [-0.2, -0.15) is 5.10 Å². The number of rotatable bonds is 8. The number of nitrogens with two attached hydrogens (primary N) is 1. The molecule has 2 aliphatic rings. The van der Waals surface area contributed by atoms with Crippen LogP contribution in [0, 0.1) is 11.8 Å². The lowest BCUT2D eigenvalue weighted by Crippen LogP contribution is -2.42. The quantitative estimate of drug-likeness (QED) is 0.369. The van der Waals surface area contributed by atoms with Crippen molar-refractivity contribution in [2.24, 2.45) is 17.6 Å². The summed E-state index contributed by atoms with van der Waals surface area (Å²) in [6, 6.07) is 17.3. The number of hydrogen-bond acceptors (Lipinski definition) is 5. The molecule has 0 radical (unpaired) electrons. The van der Waals surface area contributed by atoms with Crippen LogP contribution in [0.5, 0.6) is 11.5 Å². The van der Waals surface area contributed by atoms with Crippen LogP contribution in [0.25, 0.3) is 11.3 Å². The molecule has 3 heterocycles. The first-order chi connectivity index (χ1) is 18.8. The summed E-state index contributed by atoms with van der Waals surface area (Å²) in [5, 5.41) is 8.32. The Labute approximate surface area is 229 Å². The van der Waals surface area contributed by atoms with Crippen LogP contribution >= 0.6 is 0 Å². The van der Waals surface area contributed by atoms with E-state index in [1.165, 1.54) is 0 Å². The number of carbonyl (C=O) groups excluding carboxylic acids is 2. The van der Waals surface area contributed by atoms with Crippen molar-refractivity contribution < 1.29 is 14.3 Å². The van der Waals surface area contributed by atoms with Crippen LogP contribution in [-0.4, -0.2) is 46.1 Å². The molecule has 3 aromatic rings. The van der Waals surface area contributed by atoms with E-state index in [4.69, 9.17) is 15.6 Å². The van der Waals surface area contributed by atoms with Crippen molar-refractivity contribution in [1.82, 2.24) is 14.7 Å². The van der Waals surface area contributed by atoms with E-state index < -0.39 is 5.91 Å². The predicted octanol–water partition coefficient (Wildman–Crippen LogP) is 5.64. The molecule has 3 N–H and O–H groups in total. The lowest BCUT2D eigenvalue weighted by molar-refractivity contribution is -0.129. The number of hydrogen-bond donors (Lipinski definition) is 2. The first-order valence-corrected chi connectivity index (χ1v) is 13.8. The zero-order valence-corrected chi connectivity index (χ0v) is 22.7. The molecule has 1 atom stereocenters. The summed E-state index contributed by atoms with van der Waals surface area (Å²) in [7, 11) is 0. The Morgan fingerprint density at radius 1 is 1.05 bits per heavy atom. The van der Waals surface area contributed by atoms with E-state index in [1.54, 1.807) is 0 Å². The number of fused-ring (bicyclic) bond motifs is 1. The van der Waals surface area contributed by atoms with E-state index >= 15 is 0 Å². The molecule has 0 bridgehead atoms. The van der Waals surface area contributed by atoms with Crippen molar-refractivity contribution in [2.75, 3.05) is 25.0 Å². The van der Waals surface area contributed by atoms with Crippen molar-refractivity contribution in [3.05, 3.63) is 72.3 Å². The van der Waals surface area contributed by atoms with Crippen LogP contribution in [0.1, 0.15) is 55.9 Å². The second-order valence-corrected chi connectivity index (χ2v) is 10.9. The zero-order valence-electron chi connectivity index (χ0n) is 22.7. The number of piperidine rings is 1. The van der Waals surface area contributed by atoms with Gasteiger partial charge >= 0.3 is 0 Å². The molecule has 0 saturated carbocycles. The summed E-state index contributed by atoms with van der Waals surface area (Å²) in [5.41, 5.74) is 8.35. The predicted molar refractivity (Wildman–Crippen MR) is 153 cm³/mol. The Morgan fingerprint density at radius 3 is 2.36 bits per heavy atom. The average molecular weight is 528 g/mol. The SMILES string of the molecule is C=C(CC(C)C)C(=O)N1CCC([C@@H]2CCNc3c(C(N)=O)c(-c4ccc(Oc5ccccc5)cc4)nn32)CC1. The van der Waals surface area contributed by atoms with Gasteiger partial charge in [-0.15, -0.1) is 0 Å². The molecule has 2 aliphatic heterocycles. The molecule has 204 valence electrons. The van der Waals surface area contributed by atoms with E-state index in [0.29, 0.717) is 53.3 Å². The Hall–Kier alpha value is -4.07. The van der Waals surface area contributed by atoms with Gasteiger partial charge in [0.2, 0.25) is 5.91 Å². The van der Waals surface area contributed by atoms with Crippen molar-refractivity contribution in [3.63, 3.8) is 0 Å². The highest BCUT2D eigenvalue weighted by Crippen LogP contribution is 2.40. The number of ether oxygens (including phenoxy) is 1. The van der Waals surface area contributed by atoms with Gasteiger partial charge in [-0.1, -0.05) is 38.6 Å². The van der Waals surface area contributed by atoms with Gasteiger partial charge in [0.25, 0.3) is 5.91 Å². The highest BCUT2D eigenvalue weighted by atomic mass is 16.5. The lowest BCUT2D eigenvalue weighted by Gasteiger charge is -2.38. The third-order valence-corrected chi connectivity index (χ3v) is 7.64. The Balaban J connectivity index is 1.34. The second-order valence-electron chi connectivity index (χ2n) is 10.9. The van der Waals surface area contributed by atoms with Crippen LogP contribution in [0.4, 0.5) is 5.82 Å². The number of nitrogens with zero attached hydrogens (tertiary/aromatic N) is 3. The molecular formula is C31H37N5O3. The van der Waals surface area contributed by atoms with Gasteiger partial charge in [0.05, 0.1) is 6.04 Å². The third-order valence-electron chi connectivity index (χ3n) is 7.64. The molecule has 0 unspecified atom stereocenters. The molecule has 5 rings (SSSR count). The number of primary amides is 1. The Bertz CT molecular complexity index is 1340. The van der Waals surface area contributed by atoms with E-state index in [1.807, 2.05) is 64.2 Å². The molecule has 1 fully saturated rings. The van der Waals surface area contributed by atoms with E-state index in [-0.39, 0.29) is 11.9 Å². The highest BCUT2D eigenvalue weighted by Gasteiger charge is 2.36. The summed E-state index contributed by atoms with van der Waals surface area (Å²) >= 11 is 0. The third kappa shape index (κ3) is 5.70. The van der Waals surface area contributed by atoms with Crippen LogP contribution in [0.15, 0.2) is 66.7 Å². The maximum absolute atomic E-state index is 12.9. The summed E-state index contributed by atoms with van der Waals surface area (Å²) in [5.74, 6) is 2.46. The number of anilines is 1. The summed E-state index contributed by atoms with van der Waals surface area (Å²) in [4.78, 5) is 27.4. The van der Waals surface area contributed by atoms with Gasteiger partial charge in [-0.25, -0.2) is 4.68 Å². The minimum absolute atomic E-state index is 0.0743. The van der Waals surface area contributed by atoms with Gasteiger partial charge in [0, 0.05) is 30.8 Å². The fraction of sp³-hybridized carbons (Fsp3) is 0.387. The summed E-state index contributed by atoms with van der Waals surface area (Å²) < 4.78 is 7.89. The number of para-hydroxylation sites is 1. The molecule has 0 spiro atoms. The Morgan fingerprint density at radius 2 is 1.72 bits per heavy atom. The van der Waals surface area contributed by atoms with Gasteiger partial charge in [-0.05, 0) is 73.9 Å². The molecule has 2 amide bonds. The smallest absolute Gasteiger partial charge is 0.254 e. The van der Waals surface area contributed by atoms with E-state index in [0.717, 1.165) is 43.5 Å². The van der Waals surface area contributed by atoms with Crippen molar-refractivity contribution >= 4 is 17.6 Å². The molecule has 0 aliphatic carbocycles. The second kappa shape index (κ2) is 11.4. The average Bonchev–Trinajstić information content (AvgIpc) is 3.33. The van der Waals surface area contributed by atoms with E-state index in [9.17, 15) is 9.59 Å². The largest absolute Gasteiger partial charge is 0.457 e. The normalized spacial score (nSPS) is 17.4. The van der Waals surface area contributed by atoms with Gasteiger partial charge in [0.1, 0.15) is 28.6 Å². The number of likely N-dealkylation sites (tertiary alicyclic amines) is 1.